The van der Waals surface area contributed by atoms with Crippen LogP contribution in [0.2, 0.25) is 0 Å². The standard InChI is InChI=1S/C26H28N6O2/c1-5-30(6-2)24-14-7-18-17-31(21-10-13-23-19(15-21)16-29(3)28-23)26(33)32(25(18)27-24)20-8-11-22(34-4)12-9-20/h7-16H,5-6,17H2,1-4H3. The molecule has 3 heterocycles. The molecule has 2 aromatic carbocycles. The van der Waals surface area contributed by atoms with Crippen LogP contribution in [-0.4, -0.2) is 41.0 Å². The minimum absolute atomic E-state index is 0.148. The van der Waals surface area contributed by atoms with Crippen LogP contribution in [0.3, 0.4) is 0 Å². The van der Waals surface area contributed by atoms with E-state index in [0.717, 1.165) is 52.5 Å². The summed E-state index contributed by atoms with van der Waals surface area (Å²) in [6.07, 6.45) is 1.96. The fourth-order valence-electron chi connectivity index (χ4n) is 4.43. The van der Waals surface area contributed by atoms with Crippen LogP contribution in [0, 0.1) is 0 Å². The van der Waals surface area contributed by atoms with Gasteiger partial charge in [0, 0.05) is 43.0 Å². The van der Waals surface area contributed by atoms with Gasteiger partial charge in [0.05, 0.1) is 24.9 Å². The van der Waals surface area contributed by atoms with Gasteiger partial charge in [0.1, 0.15) is 17.4 Å². The summed E-state index contributed by atoms with van der Waals surface area (Å²) in [6, 6.07) is 17.4. The van der Waals surface area contributed by atoms with Crippen LogP contribution in [0.5, 0.6) is 5.75 Å². The first-order valence-electron chi connectivity index (χ1n) is 11.5. The number of rotatable bonds is 6. The Bertz CT molecular complexity index is 1340. The van der Waals surface area contributed by atoms with Crippen LogP contribution in [-0.2, 0) is 13.6 Å². The average molecular weight is 457 g/mol. The van der Waals surface area contributed by atoms with E-state index in [1.54, 1.807) is 21.6 Å². The minimum atomic E-state index is -0.148. The molecule has 34 heavy (non-hydrogen) atoms. The number of pyridine rings is 1. The Labute approximate surface area is 199 Å². The van der Waals surface area contributed by atoms with Crippen LogP contribution in [0.4, 0.5) is 27.8 Å². The van der Waals surface area contributed by atoms with Crippen molar-refractivity contribution in [2.45, 2.75) is 20.4 Å². The third kappa shape index (κ3) is 3.71. The van der Waals surface area contributed by atoms with Gasteiger partial charge in [0.25, 0.3) is 0 Å². The van der Waals surface area contributed by atoms with Crippen molar-refractivity contribution < 1.29 is 9.53 Å². The second-order valence-electron chi connectivity index (χ2n) is 8.27. The molecule has 174 valence electrons. The van der Waals surface area contributed by atoms with Gasteiger partial charge < -0.3 is 9.64 Å². The van der Waals surface area contributed by atoms with Crippen LogP contribution in [0.25, 0.3) is 10.9 Å². The van der Waals surface area contributed by atoms with E-state index in [-0.39, 0.29) is 6.03 Å². The zero-order valence-corrected chi connectivity index (χ0v) is 19.9. The molecule has 8 heteroatoms. The Morgan fingerprint density at radius 2 is 1.74 bits per heavy atom. The Hall–Kier alpha value is -4.07. The smallest absolute Gasteiger partial charge is 0.335 e. The number of benzene rings is 2. The van der Waals surface area contributed by atoms with Crippen LogP contribution in [0.1, 0.15) is 19.4 Å². The van der Waals surface area contributed by atoms with Gasteiger partial charge in [-0.3, -0.25) is 9.58 Å². The summed E-state index contributed by atoms with van der Waals surface area (Å²) in [5, 5.41) is 5.44. The van der Waals surface area contributed by atoms with E-state index in [9.17, 15) is 4.79 Å². The molecule has 0 spiro atoms. The lowest BCUT2D eigenvalue weighted by Gasteiger charge is -2.37. The van der Waals surface area contributed by atoms with E-state index in [2.05, 4.69) is 29.9 Å². The zero-order valence-electron chi connectivity index (χ0n) is 19.9. The van der Waals surface area contributed by atoms with E-state index >= 15 is 0 Å². The van der Waals surface area contributed by atoms with Crippen molar-refractivity contribution in [1.82, 2.24) is 14.8 Å². The van der Waals surface area contributed by atoms with Crippen molar-refractivity contribution in [1.29, 1.82) is 0 Å². The van der Waals surface area contributed by atoms with Crippen molar-refractivity contribution in [2.75, 3.05) is 34.9 Å². The predicted molar refractivity (Wildman–Crippen MR) is 135 cm³/mol. The number of carbonyl (C=O) groups excluding carboxylic acids is 1. The third-order valence-corrected chi connectivity index (χ3v) is 6.24. The van der Waals surface area contributed by atoms with E-state index in [0.29, 0.717) is 12.4 Å². The number of amides is 2. The molecular formula is C26H28N6O2. The highest BCUT2D eigenvalue weighted by Crippen LogP contribution is 2.38. The van der Waals surface area contributed by atoms with Crippen molar-refractivity contribution in [3.63, 3.8) is 0 Å². The van der Waals surface area contributed by atoms with Gasteiger partial charge in [-0.1, -0.05) is 0 Å². The molecule has 2 aromatic heterocycles. The molecule has 0 aliphatic carbocycles. The number of ether oxygens (including phenoxy) is 1. The maximum atomic E-state index is 14.0. The Morgan fingerprint density at radius 3 is 2.44 bits per heavy atom. The zero-order chi connectivity index (χ0) is 23.8. The Morgan fingerprint density at radius 1 is 1.00 bits per heavy atom. The molecular weight excluding hydrogens is 428 g/mol. The third-order valence-electron chi connectivity index (χ3n) is 6.24. The number of carbonyl (C=O) groups is 1. The first kappa shape index (κ1) is 21.8. The molecule has 1 aliphatic heterocycles. The molecule has 8 nitrogen and oxygen atoms in total. The molecule has 0 unspecified atom stereocenters. The fraction of sp³-hybridized carbons (Fsp3) is 0.269. The molecule has 0 radical (unpaired) electrons. The first-order valence-corrected chi connectivity index (χ1v) is 11.5. The molecule has 0 N–H and O–H groups in total. The molecule has 0 atom stereocenters. The topological polar surface area (TPSA) is 66.7 Å². The number of nitrogens with zero attached hydrogens (tertiary/aromatic N) is 6. The monoisotopic (exact) mass is 456 g/mol. The number of hydrogen-bond donors (Lipinski definition) is 0. The van der Waals surface area contributed by atoms with E-state index in [1.165, 1.54) is 0 Å². The van der Waals surface area contributed by atoms with Crippen molar-refractivity contribution in [3.05, 3.63) is 66.4 Å². The van der Waals surface area contributed by atoms with Gasteiger partial charge in [-0.2, -0.15) is 5.10 Å². The molecule has 4 aromatic rings. The van der Waals surface area contributed by atoms with Crippen LogP contribution in [0.15, 0.2) is 60.8 Å². The summed E-state index contributed by atoms with van der Waals surface area (Å²) < 4.78 is 7.10. The lowest BCUT2D eigenvalue weighted by atomic mass is 10.1. The molecule has 2 amide bonds. The second kappa shape index (κ2) is 8.70. The number of urea groups is 1. The van der Waals surface area contributed by atoms with E-state index in [1.807, 2.05) is 61.8 Å². The Kier molecular flexibility index (Phi) is 5.57. The molecule has 0 fully saturated rings. The number of aromatic nitrogens is 3. The highest BCUT2D eigenvalue weighted by Gasteiger charge is 2.34. The van der Waals surface area contributed by atoms with E-state index in [4.69, 9.17) is 9.72 Å². The van der Waals surface area contributed by atoms with Gasteiger partial charge in [0.15, 0.2) is 0 Å². The molecule has 0 saturated heterocycles. The van der Waals surface area contributed by atoms with Crippen molar-refractivity contribution in [3.8, 4) is 5.75 Å². The van der Waals surface area contributed by atoms with Gasteiger partial charge in [-0.15, -0.1) is 0 Å². The normalized spacial score (nSPS) is 13.4. The predicted octanol–water partition coefficient (Wildman–Crippen LogP) is 5.10. The van der Waals surface area contributed by atoms with Crippen molar-refractivity contribution in [2.24, 2.45) is 7.05 Å². The number of anilines is 4. The number of hydrogen-bond acceptors (Lipinski definition) is 5. The summed E-state index contributed by atoms with van der Waals surface area (Å²) in [4.78, 5) is 24.6. The molecule has 1 aliphatic rings. The fourth-order valence-corrected chi connectivity index (χ4v) is 4.43. The number of aryl methyl sites for hydroxylation is 1. The Balaban J connectivity index is 1.63. The summed E-state index contributed by atoms with van der Waals surface area (Å²) >= 11 is 0. The lowest BCUT2D eigenvalue weighted by Crippen LogP contribution is -2.45. The van der Waals surface area contributed by atoms with Gasteiger partial charge in [-0.25, -0.2) is 14.7 Å². The molecule has 0 saturated carbocycles. The SMILES string of the molecule is CCN(CC)c1ccc2c(n1)N(c1ccc(OC)cc1)C(=O)N(c1ccc3nn(C)cc3c1)C2. The maximum absolute atomic E-state index is 14.0. The molecule has 5 rings (SSSR count). The lowest BCUT2D eigenvalue weighted by molar-refractivity contribution is 0.252. The van der Waals surface area contributed by atoms with Crippen molar-refractivity contribution >= 4 is 39.9 Å². The van der Waals surface area contributed by atoms with Gasteiger partial charge in [-0.05, 0) is 68.4 Å². The number of fused-ring (bicyclic) bond motifs is 2. The van der Waals surface area contributed by atoms with Gasteiger partial charge in [0.2, 0.25) is 0 Å². The molecule has 0 bridgehead atoms. The number of methoxy groups -OCH3 is 1. The highest BCUT2D eigenvalue weighted by atomic mass is 16.5. The van der Waals surface area contributed by atoms with Crippen LogP contribution >= 0.6 is 0 Å². The average Bonchev–Trinajstić information content (AvgIpc) is 3.24. The quantitative estimate of drug-likeness (QED) is 0.404. The summed E-state index contributed by atoms with van der Waals surface area (Å²) in [5.74, 6) is 2.26. The van der Waals surface area contributed by atoms with Crippen LogP contribution < -0.4 is 19.4 Å². The minimum Gasteiger partial charge on any atom is -0.497 e. The highest BCUT2D eigenvalue weighted by molar-refractivity contribution is 6.10. The van der Waals surface area contributed by atoms with E-state index < -0.39 is 0 Å². The largest absolute Gasteiger partial charge is 0.497 e. The van der Waals surface area contributed by atoms with Gasteiger partial charge >= 0.3 is 6.03 Å². The maximum Gasteiger partial charge on any atom is 0.335 e. The summed E-state index contributed by atoms with van der Waals surface area (Å²) in [7, 11) is 3.52. The summed E-state index contributed by atoms with van der Waals surface area (Å²) in [6.45, 7) is 6.34. The first-order chi connectivity index (χ1) is 16.5. The second-order valence-corrected chi connectivity index (χ2v) is 8.27. The summed E-state index contributed by atoms with van der Waals surface area (Å²) in [5.41, 5.74) is 3.44.